The van der Waals surface area contributed by atoms with Gasteiger partial charge in [0, 0.05) is 0 Å². The fraction of sp³-hybridized carbons (Fsp3) is 0.217. The van der Waals surface area contributed by atoms with E-state index < -0.39 is 0 Å². The van der Waals surface area contributed by atoms with Crippen LogP contribution in [0.3, 0.4) is 0 Å². The fourth-order valence-corrected chi connectivity index (χ4v) is 3.31. The van der Waals surface area contributed by atoms with E-state index in [2.05, 4.69) is 24.0 Å². The van der Waals surface area contributed by atoms with Gasteiger partial charge in [-0.2, -0.15) is 0 Å². The molecule has 1 amide bonds. The molecule has 0 aliphatic heterocycles. The maximum atomic E-state index is 13.1. The first-order valence-corrected chi connectivity index (χ1v) is 8.98. The van der Waals surface area contributed by atoms with Crippen LogP contribution in [-0.2, 0) is 4.79 Å². The molecule has 0 aliphatic rings. The number of anilines is 1. The van der Waals surface area contributed by atoms with E-state index in [1.807, 2.05) is 42.5 Å². The Kier molecular flexibility index (Phi) is 5.42. The number of fused-ring (bicyclic) bond motifs is 1. The van der Waals surface area contributed by atoms with Gasteiger partial charge in [0.2, 0.25) is 5.91 Å². The summed E-state index contributed by atoms with van der Waals surface area (Å²) < 4.78 is 0. The molecule has 0 aromatic heterocycles. The molecule has 1 unspecified atom stereocenters. The number of rotatable bonds is 5. The molecular formula is C23H22N2O2. The highest BCUT2D eigenvalue weighted by atomic mass is 16.3. The summed E-state index contributed by atoms with van der Waals surface area (Å²) in [6, 6.07) is 18.5. The smallest absolute Gasteiger partial charge is 0.232 e. The number of hydrogen-bond donors (Lipinski definition) is 2. The number of phenols is 1. The summed E-state index contributed by atoms with van der Waals surface area (Å²) in [4.78, 5) is 16.5. The van der Waals surface area contributed by atoms with E-state index in [1.54, 1.807) is 0 Å². The molecule has 3 rings (SSSR count). The second-order valence-corrected chi connectivity index (χ2v) is 7.05. The van der Waals surface area contributed by atoms with Crippen LogP contribution in [-0.4, -0.2) is 11.0 Å². The summed E-state index contributed by atoms with van der Waals surface area (Å²) >= 11 is 0. The third kappa shape index (κ3) is 4.09. The molecule has 27 heavy (non-hydrogen) atoms. The first-order chi connectivity index (χ1) is 13.0. The van der Waals surface area contributed by atoms with Crippen molar-refractivity contribution in [2.75, 3.05) is 5.32 Å². The van der Waals surface area contributed by atoms with Gasteiger partial charge < -0.3 is 10.4 Å². The van der Waals surface area contributed by atoms with Crippen molar-refractivity contribution in [1.29, 1.82) is 0 Å². The lowest BCUT2D eigenvalue weighted by Crippen LogP contribution is -2.23. The summed E-state index contributed by atoms with van der Waals surface area (Å²) in [5, 5.41) is 15.0. The molecule has 3 aromatic carbocycles. The monoisotopic (exact) mass is 358 g/mol. The molecule has 0 radical (unpaired) electrons. The number of carbonyl (C=O) groups is 1. The van der Waals surface area contributed by atoms with Gasteiger partial charge in [-0.3, -0.25) is 4.79 Å². The zero-order valence-electron chi connectivity index (χ0n) is 15.4. The largest absolute Gasteiger partial charge is 0.506 e. The molecule has 0 spiro atoms. The minimum atomic E-state index is -0.355. The van der Waals surface area contributed by atoms with Gasteiger partial charge in [0.1, 0.15) is 5.75 Å². The topological polar surface area (TPSA) is 53.7 Å². The van der Waals surface area contributed by atoms with Crippen molar-refractivity contribution in [3.05, 3.63) is 77.6 Å². The van der Waals surface area contributed by atoms with Crippen molar-refractivity contribution in [3.63, 3.8) is 0 Å². The average molecular weight is 358 g/mol. The Balaban J connectivity index is 2.00. The molecule has 0 heterocycles. The first-order valence-electron chi connectivity index (χ1n) is 8.98. The van der Waals surface area contributed by atoms with E-state index in [4.69, 9.17) is 6.57 Å². The zero-order chi connectivity index (χ0) is 19.4. The summed E-state index contributed by atoms with van der Waals surface area (Å²) in [7, 11) is 0. The van der Waals surface area contributed by atoms with Crippen LogP contribution < -0.4 is 5.32 Å². The van der Waals surface area contributed by atoms with Crippen LogP contribution in [0.4, 0.5) is 11.4 Å². The second kappa shape index (κ2) is 7.92. The quantitative estimate of drug-likeness (QED) is 0.443. The molecule has 3 aromatic rings. The maximum Gasteiger partial charge on any atom is 0.232 e. The number of aromatic hydroxyl groups is 1. The van der Waals surface area contributed by atoms with Crippen LogP contribution in [0.2, 0.25) is 0 Å². The van der Waals surface area contributed by atoms with E-state index in [0.29, 0.717) is 18.0 Å². The molecule has 136 valence electrons. The summed E-state index contributed by atoms with van der Waals surface area (Å²) in [5.41, 5.74) is 1.61. The van der Waals surface area contributed by atoms with Gasteiger partial charge in [0.05, 0.1) is 18.2 Å². The number of nitrogens with zero attached hydrogens (tertiary/aromatic N) is 1. The van der Waals surface area contributed by atoms with Gasteiger partial charge in [-0.05, 0) is 40.8 Å². The van der Waals surface area contributed by atoms with Crippen molar-refractivity contribution in [1.82, 2.24) is 0 Å². The zero-order valence-corrected chi connectivity index (χ0v) is 15.4. The molecule has 0 saturated heterocycles. The van der Waals surface area contributed by atoms with Crippen LogP contribution in [0.5, 0.6) is 5.75 Å². The molecule has 4 heteroatoms. The Hall–Kier alpha value is -3.32. The predicted molar refractivity (Wildman–Crippen MR) is 109 cm³/mol. The summed E-state index contributed by atoms with van der Waals surface area (Å²) in [5.74, 6) is -0.260. The fourth-order valence-electron chi connectivity index (χ4n) is 3.31. The highest BCUT2D eigenvalue weighted by molar-refractivity contribution is 6.00. The molecule has 2 N–H and O–H groups in total. The average Bonchev–Trinajstić information content (AvgIpc) is 2.67. The molecule has 0 fully saturated rings. The number of nitrogens with one attached hydrogen (secondary N) is 1. The van der Waals surface area contributed by atoms with E-state index in [1.165, 1.54) is 18.2 Å². The Morgan fingerprint density at radius 3 is 2.59 bits per heavy atom. The van der Waals surface area contributed by atoms with E-state index in [0.717, 1.165) is 16.3 Å². The number of carbonyl (C=O) groups excluding carboxylic acids is 1. The molecule has 0 saturated carbocycles. The highest BCUT2D eigenvalue weighted by Gasteiger charge is 2.24. The lowest BCUT2D eigenvalue weighted by molar-refractivity contribution is -0.117. The van der Waals surface area contributed by atoms with Crippen LogP contribution >= 0.6 is 0 Å². The van der Waals surface area contributed by atoms with Gasteiger partial charge in [-0.1, -0.05) is 62.4 Å². The van der Waals surface area contributed by atoms with Crippen molar-refractivity contribution < 1.29 is 9.90 Å². The van der Waals surface area contributed by atoms with Crippen molar-refractivity contribution in [3.8, 4) is 5.75 Å². The molecule has 0 aliphatic carbocycles. The predicted octanol–water partition coefficient (Wildman–Crippen LogP) is 5.86. The van der Waals surface area contributed by atoms with Crippen LogP contribution in [0.15, 0.2) is 60.7 Å². The van der Waals surface area contributed by atoms with Crippen molar-refractivity contribution >= 4 is 28.1 Å². The van der Waals surface area contributed by atoms with Gasteiger partial charge in [0.15, 0.2) is 5.69 Å². The third-order valence-electron chi connectivity index (χ3n) is 4.59. The first kappa shape index (κ1) is 18.5. The van der Waals surface area contributed by atoms with Crippen molar-refractivity contribution in [2.45, 2.75) is 26.2 Å². The van der Waals surface area contributed by atoms with Gasteiger partial charge in [-0.15, -0.1) is 0 Å². The summed E-state index contributed by atoms with van der Waals surface area (Å²) in [6.45, 7) is 11.3. The molecule has 0 bridgehead atoms. The van der Waals surface area contributed by atoms with E-state index >= 15 is 0 Å². The van der Waals surface area contributed by atoms with Gasteiger partial charge in [0.25, 0.3) is 0 Å². The third-order valence-corrected chi connectivity index (χ3v) is 4.59. The molecular weight excluding hydrogens is 336 g/mol. The summed E-state index contributed by atoms with van der Waals surface area (Å²) in [6.07, 6.45) is 0.684. The number of hydrogen-bond acceptors (Lipinski definition) is 2. The van der Waals surface area contributed by atoms with E-state index in [-0.39, 0.29) is 23.3 Å². The standard InChI is InChI=1S/C23H22N2O2/c1-15(2)13-20(19-10-6-8-16-7-4-5-9-18(16)19)23(27)25-21-14-17(24-3)11-12-22(21)26/h4-12,14-15,20,26H,13H2,1-2H3,(H,25,27). The van der Waals surface area contributed by atoms with Gasteiger partial charge in [-0.25, -0.2) is 4.85 Å². The SMILES string of the molecule is [C-]#[N+]c1ccc(O)c(NC(=O)C(CC(C)C)c2cccc3ccccc23)c1. The normalized spacial score (nSPS) is 11.9. The van der Waals surface area contributed by atoms with Gasteiger partial charge >= 0.3 is 0 Å². The number of phenolic OH excluding ortho intramolecular Hbond substituents is 1. The number of amides is 1. The Labute approximate surface area is 159 Å². The maximum absolute atomic E-state index is 13.1. The van der Waals surface area contributed by atoms with Crippen LogP contribution in [0, 0.1) is 12.5 Å². The molecule has 4 nitrogen and oxygen atoms in total. The Morgan fingerprint density at radius 2 is 1.85 bits per heavy atom. The van der Waals surface area contributed by atoms with Crippen LogP contribution in [0.1, 0.15) is 31.7 Å². The highest BCUT2D eigenvalue weighted by Crippen LogP contribution is 2.34. The Morgan fingerprint density at radius 1 is 1.11 bits per heavy atom. The minimum absolute atomic E-state index is 0.0445. The second-order valence-electron chi connectivity index (χ2n) is 7.05. The van der Waals surface area contributed by atoms with E-state index in [9.17, 15) is 9.90 Å². The van der Waals surface area contributed by atoms with Crippen molar-refractivity contribution in [2.24, 2.45) is 5.92 Å². The Bertz CT molecular complexity index is 1010. The minimum Gasteiger partial charge on any atom is -0.506 e. The van der Waals surface area contributed by atoms with Crippen LogP contribution in [0.25, 0.3) is 15.6 Å². The lowest BCUT2D eigenvalue weighted by Gasteiger charge is -2.21. The molecule has 1 atom stereocenters. The number of benzene rings is 3. The lowest BCUT2D eigenvalue weighted by atomic mass is 9.86.